The maximum atomic E-state index is 6.80. The van der Waals surface area contributed by atoms with E-state index in [0.717, 1.165) is 17.0 Å². The van der Waals surface area contributed by atoms with Gasteiger partial charge in [0.2, 0.25) is 8.32 Å². The van der Waals surface area contributed by atoms with Crippen LogP contribution in [0.1, 0.15) is 69.2 Å². The summed E-state index contributed by atoms with van der Waals surface area (Å²) in [6.07, 6.45) is 0. The van der Waals surface area contributed by atoms with Crippen molar-refractivity contribution in [3.63, 3.8) is 0 Å². The first-order valence-corrected chi connectivity index (χ1v) is 17.8. The summed E-state index contributed by atoms with van der Waals surface area (Å²) in [6, 6.07) is 3.98. The number of hydrogen-bond donors (Lipinski definition) is 0. The molecule has 1 aliphatic heterocycles. The molecule has 0 saturated carbocycles. The molecular weight excluding hydrogens is 447 g/mol. The molecule has 33 heavy (non-hydrogen) atoms. The van der Waals surface area contributed by atoms with Crippen molar-refractivity contribution in [3.8, 4) is 17.2 Å². The second-order valence-corrected chi connectivity index (χ2v) is 22.8. The van der Waals surface area contributed by atoms with Gasteiger partial charge in [-0.05, 0) is 70.0 Å². The number of hydrogen-bond acceptors (Lipinski definition) is 5. The maximum Gasteiger partial charge on any atom is 0.498 e. The highest BCUT2D eigenvalue weighted by Crippen LogP contribution is 2.44. The number of methoxy groups -OCH3 is 1. The fraction of sp³-hybridized carbons (Fsp3) is 0.760. The highest BCUT2D eigenvalue weighted by Gasteiger charge is 2.53. The number of ether oxygens (including phenoxy) is 1. The van der Waals surface area contributed by atoms with Crippen LogP contribution in [0, 0.1) is 0 Å². The van der Waals surface area contributed by atoms with E-state index in [4.69, 9.17) is 22.9 Å². The average molecular weight is 495 g/mol. The van der Waals surface area contributed by atoms with Crippen molar-refractivity contribution >= 4 is 29.2 Å². The summed E-state index contributed by atoms with van der Waals surface area (Å²) in [5.41, 5.74) is -0.0496. The summed E-state index contributed by atoms with van der Waals surface area (Å²) < 4.78 is 32.2. The van der Waals surface area contributed by atoms with Crippen LogP contribution in [0.3, 0.4) is 0 Å². The molecule has 1 aromatic carbocycles. The summed E-state index contributed by atoms with van der Waals surface area (Å²) in [7, 11) is -3.10. The first kappa shape index (κ1) is 28.3. The van der Waals surface area contributed by atoms with E-state index in [-0.39, 0.29) is 10.1 Å². The van der Waals surface area contributed by atoms with Gasteiger partial charge in [-0.15, -0.1) is 0 Å². The van der Waals surface area contributed by atoms with Crippen LogP contribution in [0.5, 0.6) is 17.2 Å². The standard InChI is InChI=1S/C25H47BO5Si2/c1-22(2,3)32(12,13)28-19-17-20(27-11)21(29-33(14,15)23(4,5)6)16-18(19)26-30-24(7,8)25(9,10)31-26/h16-17H,1-15H3. The summed E-state index contributed by atoms with van der Waals surface area (Å²) in [5, 5.41) is 0.0998. The average Bonchev–Trinajstić information content (AvgIpc) is 2.80. The first-order valence-electron chi connectivity index (χ1n) is 12.0. The first-order chi connectivity index (χ1) is 14.5. The van der Waals surface area contributed by atoms with Crippen molar-refractivity contribution in [2.24, 2.45) is 0 Å². The van der Waals surface area contributed by atoms with Crippen LogP contribution in [0.25, 0.3) is 0 Å². The van der Waals surface area contributed by atoms with E-state index in [1.807, 2.05) is 12.1 Å². The summed E-state index contributed by atoms with van der Waals surface area (Å²) in [6.45, 7) is 30.6. The summed E-state index contributed by atoms with van der Waals surface area (Å²) in [5.74, 6) is 2.14. The maximum absolute atomic E-state index is 6.80. The van der Waals surface area contributed by atoms with Crippen molar-refractivity contribution in [3.05, 3.63) is 12.1 Å². The largest absolute Gasteiger partial charge is 0.544 e. The van der Waals surface area contributed by atoms with Crippen molar-refractivity contribution < 1.29 is 22.9 Å². The molecule has 2 rings (SSSR count). The van der Waals surface area contributed by atoms with Crippen LogP contribution in [0.15, 0.2) is 12.1 Å². The molecule has 188 valence electrons. The summed E-state index contributed by atoms with van der Waals surface area (Å²) in [4.78, 5) is 0. The minimum absolute atomic E-state index is 0.0454. The zero-order valence-electron chi connectivity index (χ0n) is 23.8. The van der Waals surface area contributed by atoms with E-state index in [2.05, 4.69) is 95.4 Å². The fourth-order valence-electron chi connectivity index (χ4n) is 2.89. The highest BCUT2D eigenvalue weighted by atomic mass is 28.4. The Hall–Kier alpha value is -0.961. The molecule has 0 atom stereocenters. The van der Waals surface area contributed by atoms with E-state index in [0.29, 0.717) is 5.75 Å². The van der Waals surface area contributed by atoms with Gasteiger partial charge >= 0.3 is 7.12 Å². The molecule has 0 bridgehead atoms. The topological polar surface area (TPSA) is 46.2 Å². The lowest BCUT2D eigenvalue weighted by atomic mass is 9.78. The molecule has 8 heteroatoms. The lowest BCUT2D eigenvalue weighted by molar-refractivity contribution is 0.00578. The Balaban J connectivity index is 2.67. The molecule has 0 unspecified atom stereocenters. The molecule has 5 nitrogen and oxygen atoms in total. The van der Waals surface area contributed by atoms with Crippen molar-refractivity contribution in [2.45, 2.75) is 117 Å². The van der Waals surface area contributed by atoms with Crippen LogP contribution >= 0.6 is 0 Å². The van der Waals surface area contributed by atoms with Gasteiger partial charge in [-0.1, -0.05) is 41.5 Å². The monoisotopic (exact) mass is 494 g/mol. The van der Waals surface area contributed by atoms with Gasteiger partial charge in [0.25, 0.3) is 8.32 Å². The molecule has 1 saturated heterocycles. The molecule has 1 fully saturated rings. The van der Waals surface area contributed by atoms with Gasteiger partial charge in [-0.25, -0.2) is 0 Å². The molecule has 0 amide bonds. The van der Waals surface area contributed by atoms with Crippen LogP contribution in [0.2, 0.25) is 36.3 Å². The van der Waals surface area contributed by atoms with Crippen LogP contribution < -0.4 is 19.1 Å². The summed E-state index contributed by atoms with van der Waals surface area (Å²) >= 11 is 0. The molecule has 1 aromatic rings. The third-order valence-corrected chi connectivity index (χ3v) is 16.8. The molecular formula is C25H47BO5Si2. The van der Waals surface area contributed by atoms with Crippen LogP contribution in [-0.2, 0) is 9.31 Å². The quantitative estimate of drug-likeness (QED) is 0.409. The lowest BCUT2D eigenvalue weighted by Crippen LogP contribution is -2.47. The minimum Gasteiger partial charge on any atom is -0.544 e. The minimum atomic E-state index is -2.13. The normalized spacial score (nSPS) is 18.9. The predicted octanol–water partition coefficient (Wildman–Crippen LogP) is 6.76. The van der Waals surface area contributed by atoms with Gasteiger partial charge in [0.15, 0.2) is 5.75 Å². The van der Waals surface area contributed by atoms with Crippen LogP contribution in [-0.4, -0.2) is 42.1 Å². The predicted molar refractivity (Wildman–Crippen MR) is 144 cm³/mol. The molecule has 0 N–H and O–H groups in total. The molecule has 0 spiro atoms. The molecule has 0 aliphatic carbocycles. The Bertz CT molecular complexity index is 851. The molecule has 0 radical (unpaired) electrons. The zero-order valence-corrected chi connectivity index (χ0v) is 25.8. The fourth-order valence-corrected chi connectivity index (χ4v) is 4.94. The third kappa shape index (κ3) is 5.65. The Labute approximate surface area is 205 Å². The SMILES string of the molecule is COc1cc(O[Si](C)(C)C(C)(C)C)c(B2OC(C)(C)C(C)(C)O2)cc1O[Si](C)(C)C(C)(C)C. The Kier molecular flexibility index (Phi) is 7.38. The van der Waals surface area contributed by atoms with Gasteiger partial charge in [0, 0.05) is 11.5 Å². The van der Waals surface area contributed by atoms with Gasteiger partial charge in [-0.2, -0.15) is 0 Å². The van der Waals surface area contributed by atoms with Gasteiger partial charge in [0.05, 0.1) is 18.3 Å². The lowest BCUT2D eigenvalue weighted by Gasteiger charge is -2.38. The smallest absolute Gasteiger partial charge is 0.498 e. The van der Waals surface area contributed by atoms with Gasteiger partial charge in [-0.3, -0.25) is 0 Å². The molecule has 1 heterocycles. The van der Waals surface area contributed by atoms with Gasteiger partial charge in [0.1, 0.15) is 11.5 Å². The van der Waals surface area contributed by atoms with E-state index >= 15 is 0 Å². The van der Waals surface area contributed by atoms with E-state index < -0.39 is 35.0 Å². The number of benzene rings is 1. The molecule has 0 aromatic heterocycles. The van der Waals surface area contributed by atoms with Crippen molar-refractivity contribution in [1.82, 2.24) is 0 Å². The molecule has 1 aliphatic rings. The Morgan fingerprint density at radius 3 is 1.45 bits per heavy atom. The highest BCUT2D eigenvalue weighted by molar-refractivity contribution is 6.75. The van der Waals surface area contributed by atoms with Crippen molar-refractivity contribution in [2.75, 3.05) is 7.11 Å². The Morgan fingerprint density at radius 2 is 1.09 bits per heavy atom. The van der Waals surface area contributed by atoms with Crippen LogP contribution in [0.4, 0.5) is 0 Å². The van der Waals surface area contributed by atoms with Crippen molar-refractivity contribution in [1.29, 1.82) is 0 Å². The van der Waals surface area contributed by atoms with E-state index in [1.165, 1.54) is 0 Å². The zero-order chi connectivity index (χ0) is 25.8. The van der Waals surface area contributed by atoms with Gasteiger partial charge < -0.3 is 22.9 Å². The second-order valence-electron chi connectivity index (χ2n) is 13.4. The van der Waals surface area contributed by atoms with E-state index in [9.17, 15) is 0 Å². The van der Waals surface area contributed by atoms with E-state index in [1.54, 1.807) is 7.11 Å². The third-order valence-electron chi connectivity index (χ3n) is 8.15. The Morgan fingerprint density at radius 1 is 0.697 bits per heavy atom. The number of rotatable bonds is 6. The second kappa shape index (κ2) is 8.61.